The van der Waals surface area contributed by atoms with E-state index in [1.165, 1.54) is 18.4 Å². The van der Waals surface area contributed by atoms with Gasteiger partial charge in [-0.25, -0.2) is 0 Å². The summed E-state index contributed by atoms with van der Waals surface area (Å²) in [5.74, 6) is 0.0812. The van der Waals surface area contributed by atoms with E-state index >= 15 is 0 Å². The summed E-state index contributed by atoms with van der Waals surface area (Å²) in [5, 5.41) is 7.63. The van der Waals surface area contributed by atoms with Gasteiger partial charge in [-0.2, -0.15) is 5.10 Å². The minimum absolute atomic E-state index is 0.0812. The second kappa shape index (κ2) is 6.89. The molecule has 1 aliphatic heterocycles. The van der Waals surface area contributed by atoms with Gasteiger partial charge in [0.05, 0.1) is 11.7 Å². The van der Waals surface area contributed by atoms with Crippen molar-refractivity contribution in [3.8, 4) is 11.3 Å². The molecule has 0 saturated heterocycles. The number of benzene rings is 2. The average Bonchev–Trinajstić information content (AvgIpc) is 3.40. The SMILES string of the molecule is Cc1ccc(-c2n[nH]c3c2C(c2cccc(Br)c2)N(C2CCCC2)C3=O)cc1. The summed E-state index contributed by atoms with van der Waals surface area (Å²) in [6.07, 6.45) is 4.54. The summed E-state index contributed by atoms with van der Waals surface area (Å²) >= 11 is 3.60. The van der Waals surface area contributed by atoms with Crippen LogP contribution in [0.5, 0.6) is 0 Å². The average molecular weight is 436 g/mol. The molecule has 1 N–H and O–H groups in total. The van der Waals surface area contributed by atoms with Crippen molar-refractivity contribution in [1.29, 1.82) is 0 Å². The molecule has 1 saturated carbocycles. The van der Waals surface area contributed by atoms with Crippen LogP contribution in [0, 0.1) is 6.92 Å². The van der Waals surface area contributed by atoms with E-state index in [2.05, 4.69) is 74.3 Å². The van der Waals surface area contributed by atoms with Gasteiger partial charge in [0.1, 0.15) is 5.69 Å². The Labute approximate surface area is 173 Å². The molecule has 4 nitrogen and oxygen atoms in total. The fraction of sp³-hybridized carbons (Fsp3) is 0.304. The van der Waals surface area contributed by atoms with Crippen LogP contribution in [0.2, 0.25) is 0 Å². The van der Waals surface area contributed by atoms with Gasteiger partial charge in [0, 0.05) is 21.6 Å². The molecular formula is C23H22BrN3O. The van der Waals surface area contributed by atoms with Crippen LogP contribution >= 0.6 is 15.9 Å². The number of carbonyl (C=O) groups is 1. The Kier molecular flexibility index (Phi) is 4.35. The van der Waals surface area contributed by atoms with E-state index in [1.54, 1.807) is 0 Å². The Morgan fingerprint density at radius 3 is 2.57 bits per heavy atom. The van der Waals surface area contributed by atoms with E-state index in [0.29, 0.717) is 11.7 Å². The van der Waals surface area contributed by atoms with Crippen molar-refractivity contribution in [2.24, 2.45) is 0 Å². The molecule has 5 heteroatoms. The van der Waals surface area contributed by atoms with Crippen LogP contribution in [0.3, 0.4) is 0 Å². The molecule has 2 aromatic carbocycles. The molecule has 1 atom stereocenters. The third-order valence-corrected chi connectivity index (χ3v) is 6.50. The maximum absolute atomic E-state index is 13.4. The van der Waals surface area contributed by atoms with E-state index in [-0.39, 0.29) is 11.9 Å². The number of halogens is 1. The fourth-order valence-corrected chi connectivity index (χ4v) is 5.08. The van der Waals surface area contributed by atoms with Gasteiger partial charge in [0.2, 0.25) is 0 Å². The first-order valence-corrected chi connectivity index (χ1v) is 10.7. The maximum atomic E-state index is 13.4. The monoisotopic (exact) mass is 435 g/mol. The predicted molar refractivity (Wildman–Crippen MR) is 113 cm³/mol. The van der Waals surface area contributed by atoms with Crippen molar-refractivity contribution >= 4 is 21.8 Å². The number of hydrogen-bond acceptors (Lipinski definition) is 2. The molecule has 0 spiro atoms. The van der Waals surface area contributed by atoms with Gasteiger partial charge in [-0.3, -0.25) is 9.89 Å². The molecule has 1 unspecified atom stereocenters. The van der Waals surface area contributed by atoms with Gasteiger partial charge in [-0.15, -0.1) is 0 Å². The Bertz CT molecular complexity index is 1030. The highest BCUT2D eigenvalue weighted by Crippen LogP contribution is 2.46. The zero-order chi connectivity index (χ0) is 19.3. The lowest BCUT2D eigenvalue weighted by Gasteiger charge is -2.32. The Morgan fingerprint density at radius 1 is 1.11 bits per heavy atom. The highest BCUT2D eigenvalue weighted by atomic mass is 79.9. The number of aryl methyl sites for hydroxylation is 1. The van der Waals surface area contributed by atoms with Gasteiger partial charge in [0.15, 0.2) is 0 Å². The van der Waals surface area contributed by atoms with Crippen LogP contribution in [0.1, 0.15) is 58.9 Å². The van der Waals surface area contributed by atoms with Gasteiger partial charge in [0.25, 0.3) is 5.91 Å². The predicted octanol–water partition coefficient (Wildman–Crippen LogP) is 5.64. The molecule has 0 bridgehead atoms. The molecule has 1 amide bonds. The van der Waals surface area contributed by atoms with Crippen molar-refractivity contribution < 1.29 is 4.79 Å². The summed E-state index contributed by atoms with van der Waals surface area (Å²) in [5.41, 5.74) is 5.93. The fourth-order valence-electron chi connectivity index (χ4n) is 4.66. The Morgan fingerprint density at radius 2 is 1.86 bits per heavy atom. The lowest BCUT2D eigenvalue weighted by atomic mass is 9.95. The molecule has 0 radical (unpaired) electrons. The van der Waals surface area contributed by atoms with Crippen LogP contribution in [0.4, 0.5) is 0 Å². The van der Waals surface area contributed by atoms with Gasteiger partial charge >= 0.3 is 0 Å². The largest absolute Gasteiger partial charge is 0.323 e. The normalized spacial score (nSPS) is 19.4. The highest BCUT2D eigenvalue weighted by molar-refractivity contribution is 9.10. The van der Waals surface area contributed by atoms with Crippen LogP contribution in [-0.2, 0) is 0 Å². The van der Waals surface area contributed by atoms with Crippen molar-refractivity contribution in [2.45, 2.75) is 44.7 Å². The molecule has 2 heterocycles. The first-order valence-electron chi connectivity index (χ1n) is 9.87. The standard InChI is InChI=1S/C23H22BrN3O/c1-14-9-11-15(12-10-14)20-19-21(26-25-20)23(28)27(18-7-2-3-8-18)22(19)16-5-4-6-17(24)13-16/h4-6,9-13,18,22H,2-3,7-8H2,1H3,(H,25,26). The van der Waals surface area contributed by atoms with E-state index in [1.807, 2.05) is 12.1 Å². The number of fused-ring (bicyclic) bond motifs is 1. The minimum atomic E-state index is -0.0989. The number of carbonyl (C=O) groups excluding carboxylic acids is 1. The first-order chi connectivity index (χ1) is 13.6. The lowest BCUT2D eigenvalue weighted by molar-refractivity contribution is 0.0660. The van der Waals surface area contributed by atoms with Crippen LogP contribution in [0.25, 0.3) is 11.3 Å². The number of nitrogens with zero attached hydrogens (tertiary/aromatic N) is 2. The second-order valence-electron chi connectivity index (χ2n) is 7.84. The topological polar surface area (TPSA) is 49.0 Å². The second-order valence-corrected chi connectivity index (χ2v) is 8.75. The molecule has 1 fully saturated rings. The lowest BCUT2D eigenvalue weighted by Crippen LogP contribution is -2.37. The zero-order valence-electron chi connectivity index (χ0n) is 15.8. The third kappa shape index (κ3) is 2.80. The molecule has 5 rings (SSSR count). The maximum Gasteiger partial charge on any atom is 0.273 e. The first kappa shape index (κ1) is 17.7. The van der Waals surface area contributed by atoms with Crippen LogP contribution in [-0.4, -0.2) is 27.0 Å². The van der Waals surface area contributed by atoms with Crippen LogP contribution in [0.15, 0.2) is 53.0 Å². The molecule has 28 heavy (non-hydrogen) atoms. The smallest absolute Gasteiger partial charge is 0.273 e. The van der Waals surface area contributed by atoms with Gasteiger partial charge in [-0.1, -0.05) is 70.7 Å². The molecule has 1 aromatic heterocycles. The number of amides is 1. The molecular weight excluding hydrogens is 414 g/mol. The van der Waals surface area contributed by atoms with Crippen LogP contribution < -0.4 is 0 Å². The van der Waals surface area contributed by atoms with E-state index < -0.39 is 0 Å². The third-order valence-electron chi connectivity index (χ3n) is 6.01. The summed E-state index contributed by atoms with van der Waals surface area (Å²) in [4.78, 5) is 15.5. The summed E-state index contributed by atoms with van der Waals surface area (Å²) in [7, 11) is 0. The van der Waals surface area contributed by atoms with Crippen molar-refractivity contribution in [2.75, 3.05) is 0 Å². The Balaban J connectivity index is 1.68. The van der Waals surface area contributed by atoms with Crippen molar-refractivity contribution in [3.05, 3.63) is 75.4 Å². The molecule has 1 aliphatic carbocycles. The van der Waals surface area contributed by atoms with Gasteiger partial charge in [-0.05, 0) is 37.5 Å². The van der Waals surface area contributed by atoms with Crippen molar-refractivity contribution in [3.63, 3.8) is 0 Å². The summed E-state index contributed by atoms with van der Waals surface area (Å²) < 4.78 is 1.03. The van der Waals surface area contributed by atoms with E-state index in [0.717, 1.165) is 39.7 Å². The van der Waals surface area contributed by atoms with E-state index in [9.17, 15) is 4.79 Å². The molecule has 142 valence electrons. The van der Waals surface area contributed by atoms with E-state index in [4.69, 9.17) is 0 Å². The molecule has 3 aromatic rings. The zero-order valence-corrected chi connectivity index (χ0v) is 17.4. The Hall–Kier alpha value is -2.40. The number of H-pyrrole nitrogens is 1. The van der Waals surface area contributed by atoms with Gasteiger partial charge < -0.3 is 4.90 Å². The summed E-state index contributed by atoms with van der Waals surface area (Å²) in [6.45, 7) is 2.08. The number of rotatable bonds is 3. The number of aromatic amines is 1. The summed E-state index contributed by atoms with van der Waals surface area (Å²) in [6, 6.07) is 16.9. The number of hydrogen-bond donors (Lipinski definition) is 1. The number of aromatic nitrogens is 2. The van der Waals surface area contributed by atoms with Crippen molar-refractivity contribution in [1.82, 2.24) is 15.1 Å². The quantitative estimate of drug-likeness (QED) is 0.578. The highest BCUT2D eigenvalue weighted by Gasteiger charge is 2.45. The molecule has 2 aliphatic rings. The number of nitrogens with one attached hydrogen (secondary N) is 1. The minimum Gasteiger partial charge on any atom is -0.323 e.